The van der Waals surface area contributed by atoms with Crippen LogP contribution in [0.2, 0.25) is 0 Å². The molecular formula is C23H37N3O2. The number of rotatable bonds is 9. The molecule has 1 aromatic rings. The lowest BCUT2D eigenvalue weighted by Crippen LogP contribution is -2.42. The van der Waals surface area contributed by atoms with Gasteiger partial charge in [0.25, 0.3) is 0 Å². The summed E-state index contributed by atoms with van der Waals surface area (Å²) in [5, 5.41) is 3.01. The van der Waals surface area contributed by atoms with Crippen molar-refractivity contribution in [2.75, 3.05) is 24.3 Å². The number of anilines is 2. The number of nitrogens with zero attached hydrogens (tertiary/aromatic N) is 2. The molecule has 0 aliphatic heterocycles. The smallest absolute Gasteiger partial charge is 0.226 e. The first-order valence-corrected chi connectivity index (χ1v) is 10.5. The van der Waals surface area contributed by atoms with Crippen LogP contribution in [0.1, 0.15) is 59.4 Å². The summed E-state index contributed by atoms with van der Waals surface area (Å²) in [6.45, 7) is 11.1. The molecule has 1 saturated carbocycles. The predicted octanol–water partition coefficient (Wildman–Crippen LogP) is 4.52. The lowest BCUT2D eigenvalue weighted by molar-refractivity contribution is -0.136. The summed E-state index contributed by atoms with van der Waals surface area (Å²) >= 11 is 0. The van der Waals surface area contributed by atoms with E-state index in [2.05, 4.69) is 31.0 Å². The average Bonchev–Trinajstić information content (AvgIpc) is 3.42. The first-order valence-electron chi connectivity index (χ1n) is 10.5. The molecule has 2 amide bonds. The van der Waals surface area contributed by atoms with Crippen LogP contribution in [0.25, 0.3) is 0 Å². The topological polar surface area (TPSA) is 52.7 Å². The SMILES string of the molecule is CC(C)CC(=O)Nc1ccc(N(C)C)c(CN(C(=O)C2CC2)C(C)C(C)C)c1. The molecule has 0 heterocycles. The Morgan fingerprint density at radius 1 is 1.11 bits per heavy atom. The fraction of sp³-hybridized carbons (Fsp3) is 0.652. The number of amides is 2. The van der Waals surface area contributed by atoms with Crippen LogP contribution in [0.4, 0.5) is 11.4 Å². The molecule has 0 saturated heterocycles. The third-order valence-electron chi connectivity index (χ3n) is 5.45. The van der Waals surface area contributed by atoms with Crippen LogP contribution in [0, 0.1) is 17.8 Å². The van der Waals surface area contributed by atoms with Gasteiger partial charge in [0.2, 0.25) is 11.8 Å². The van der Waals surface area contributed by atoms with Crippen molar-refractivity contribution in [2.45, 2.75) is 66.5 Å². The zero-order chi connectivity index (χ0) is 21.0. The van der Waals surface area contributed by atoms with Gasteiger partial charge in [-0.25, -0.2) is 0 Å². The minimum atomic E-state index is 0.0278. The second kappa shape index (κ2) is 9.44. The van der Waals surface area contributed by atoms with E-state index in [0.717, 1.165) is 29.8 Å². The van der Waals surface area contributed by atoms with Gasteiger partial charge in [0, 0.05) is 50.4 Å². The van der Waals surface area contributed by atoms with E-state index in [4.69, 9.17) is 0 Å². The molecule has 0 aromatic heterocycles. The Bertz CT molecular complexity index is 693. The minimum Gasteiger partial charge on any atom is -0.377 e. The van der Waals surface area contributed by atoms with Crippen molar-refractivity contribution in [3.63, 3.8) is 0 Å². The molecule has 28 heavy (non-hydrogen) atoms. The first kappa shape index (κ1) is 22.3. The van der Waals surface area contributed by atoms with Crippen molar-refractivity contribution in [3.8, 4) is 0 Å². The summed E-state index contributed by atoms with van der Waals surface area (Å²) in [4.78, 5) is 29.3. The Kier molecular flexibility index (Phi) is 7.50. The molecule has 1 aromatic carbocycles. The molecule has 1 unspecified atom stereocenters. The van der Waals surface area contributed by atoms with Gasteiger partial charge in [-0.15, -0.1) is 0 Å². The molecule has 1 fully saturated rings. The van der Waals surface area contributed by atoms with E-state index in [1.54, 1.807) is 0 Å². The van der Waals surface area contributed by atoms with E-state index in [-0.39, 0.29) is 23.8 Å². The summed E-state index contributed by atoms with van der Waals surface area (Å²) in [6, 6.07) is 6.16. The molecule has 0 spiro atoms. The maximum Gasteiger partial charge on any atom is 0.226 e. The van der Waals surface area contributed by atoms with Crippen molar-refractivity contribution in [1.29, 1.82) is 0 Å². The van der Waals surface area contributed by atoms with Crippen LogP contribution in [-0.4, -0.2) is 36.9 Å². The molecular weight excluding hydrogens is 350 g/mol. The summed E-state index contributed by atoms with van der Waals surface area (Å²) in [7, 11) is 4.02. The highest BCUT2D eigenvalue weighted by Gasteiger charge is 2.36. The molecule has 2 rings (SSSR count). The third kappa shape index (κ3) is 5.98. The minimum absolute atomic E-state index is 0.0278. The zero-order valence-corrected chi connectivity index (χ0v) is 18.6. The Morgan fingerprint density at radius 3 is 2.25 bits per heavy atom. The summed E-state index contributed by atoms with van der Waals surface area (Å²) in [6.07, 6.45) is 2.51. The van der Waals surface area contributed by atoms with E-state index in [9.17, 15) is 9.59 Å². The molecule has 0 radical (unpaired) electrons. The number of nitrogens with one attached hydrogen (secondary N) is 1. The number of carbonyl (C=O) groups is 2. The van der Waals surface area contributed by atoms with Crippen molar-refractivity contribution >= 4 is 23.2 Å². The van der Waals surface area contributed by atoms with Crippen molar-refractivity contribution in [3.05, 3.63) is 23.8 Å². The Hall–Kier alpha value is -2.04. The van der Waals surface area contributed by atoms with E-state index in [0.29, 0.717) is 24.8 Å². The Morgan fingerprint density at radius 2 is 1.75 bits per heavy atom. The molecule has 5 nitrogen and oxygen atoms in total. The first-order chi connectivity index (χ1) is 13.1. The third-order valence-corrected chi connectivity index (χ3v) is 5.45. The van der Waals surface area contributed by atoms with Crippen LogP contribution in [0.5, 0.6) is 0 Å². The quantitative estimate of drug-likeness (QED) is 0.678. The lowest BCUT2D eigenvalue weighted by Gasteiger charge is -2.33. The number of hydrogen-bond donors (Lipinski definition) is 1. The van der Waals surface area contributed by atoms with Crippen LogP contribution in [0.15, 0.2) is 18.2 Å². The molecule has 1 N–H and O–H groups in total. The zero-order valence-electron chi connectivity index (χ0n) is 18.6. The van der Waals surface area contributed by atoms with E-state index < -0.39 is 0 Å². The maximum atomic E-state index is 13.0. The highest BCUT2D eigenvalue weighted by Crippen LogP contribution is 2.34. The van der Waals surface area contributed by atoms with Gasteiger partial charge in [0.05, 0.1) is 0 Å². The molecule has 1 atom stereocenters. The second-order valence-electron chi connectivity index (χ2n) is 9.11. The summed E-state index contributed by atoms with van der Waals surface area (Å²) in [5.74, 6) is 1.19. The number of carbonyl (C=O) groups excluding carboxylic acids is 2. The van der Waals surface area contributed by atoms with Gasteiger partial charge in [-0.2, -0.15) is 0 Å². The van der Waals surface area contributed by atoms with Gasteiger partial charge >= 0.3 is 0 Å². The van der Waals surface area contributed by atoms with Gasteiger partial charge in [-0.05, 0) is 55.4 Å². The van der Waals surface area contributed by atoms with Crippen molar-refractivity contribution < 1.29 is 9.59 Å². The van der Waals surface area contributed by atoms with E-state index in [1.165, 1.54) is 0 Å². The van der Waals surface area contributed by atoms with E-state index >= 15 is 0 Å². The van der Waals surface area contributed by atoms with Gasteiger partial charge in [0.15, 0.2) is 0 Å². The van der Waals surface area contributed by atoms with Gasteiger partial charge in [-0.1, -0.05) is 27.7 Å². The van der Waals surface area contributed by atoms with Crippen LogP contribution in [0.3, 0.4) is 0 Å². The molecule has 1 aliphatic rings. The summed E-state index contributed by atoms with van der Waals surface area (Å²) < 4.78 is 0. The molecule has 156 valence electrons. The highest BCUT2D eigenvalue weighted by atomic mass is 16.2. The number of hydrogen-bond acceptors (Lipinski definition) is 3. The fourth-order valence-electron chi connectivity index (χ4n) is 3.34. The fourth-order valence-corrected chi connectivity index (χ4v) is 3.34. The van der Waals surface area contributed by atoms with Crippen LogP contribution in [-0.2, 0) is 16.1 Å². The largest absolute Gasteiger partial charge is 0.377 e. The number of benzene rings is 1. The predicted molar refractivity (Wildman–Crippen MR) is 116 cm³/mol. The Balaban J connectivity index is 2.29. The summed E-state index contributed by atoms with van der Waals surface area (Å²) in [5.41, 5.74) is 2.93. The molecule has 0 bridgehead atoms. The van der Waals surface area contributed by atoms with Crippen LogP contribution >= 0.6 is 0 Å². The lowest BCUT2D eigenvalue weighted by atomic mass is 10.0. The van der Waals surface area contributed by atoms with Gasteiger partial charge < -0.3 is 15.1 Å². The highest BCUT2D eigenvalue weighted by molar-refractivity contribution is 5.91. The van der Waals surface area contributed by atoms with Crippen LogP contribution < -0.4 is 10.2 Å². The standard InChI is InChI=1S/C23H37N3O2/c1-15(2)12-22(27)24-20-10-11-21(25(6)7)19(13-20)14-26(17(5)16(3)4)23(28)18-8-9-18/h10-11,13,15-18H,8-9,12,14H2,1-7H3,(H,24,27). The maximum absolute atomic E-state index is 13.0. The monoisotopic (exact) mass is 387 g/mol. The molecule has 5 heteroatoms. The normalized spacial score (nSPS) is 14.9. The van der Waals surface area contributed by atoms with Crippen molar-refractivity contribution in [2.24, 2.45) is 17.8 Å². The second-order valence-corrected chi connectivity index (χ2v) is 9.11. The van der Waals surface area contributed by atoms with Gasteiger partial charge in [0.1, 0.15) is 0 Å². The molecule has 1 aliphatic carbocycles. The van der Waals surface area contributed by atoms with Gasteiger partial charge in [-0.3, -0.25) is 9.59 Å². The van der Waals surface area contributed by atoms with E-state index in [1.807, 2.05) is 51.0 Å². The van der Waals surface area contributed by atoms with Crippen molar-refractivity contribution in [1.82, 2.24) is 4.90 Å². The average molecular weight is 388 g/mol. The Labute approximate surface area is 170 Å².